The van der Waals surface area contributed by atoms with Crippen molar-refractivity contribution in [2.24, 2.45) is 7.05 Å². The number of hydrogen-bond acceptors (Lipinski definition) is 2. The topological polar surface area (TPSA) is 35.6 Å². The average Bonchev–Trinajstić information content (AvgIpc) is 2.98. The SMILES string of the molecule is Cn1cc(-n2c(CCCl)nc3ccc(F)c(F)c32)cn1. The van der Waals surface area contributed by atoms with E-state index >= 15 is 0 Å². The largest absolute Gasteiger partial charge is 0.290 e. The Labute approximate surface area is 118 Å². The molecule has 0 N–H and O–H groups in total. The molecular weight excluding hydrogens is 286 g/mol. The van der Waals surface area contributed by atoms with Crippen LogP contribution in [-0.2, 0) is 13.5 Å². The van der Waals surface area contributed by atoms with E-state index in [9.17, 15) is 8.78 Å². The lowest BCUT2D eigenvalue weighted by atomic mass is 10.3. The zero-order valence-corrected chi connectivity index (χ0v) is 11.4. The summed E-state index contributed by atoms with van der Waals surface area (Å²) < 4.78 is 30.7. The second-order valence-corrected chi connectivity index (χ2v) is 4.78. The summed E-state index contributed by atoms with van der Waals surface area (Å²) in [6, 6.07) is 2.53. The van der Waals surface area contributed by atoms with Crippen LogP contribution in [0.3, 0.4) is 0 Å². The molecule has 0 saturated carbocycles. The molecular formula is C13H11ClF2N4. The van der Waals surface area contributed by atoms with Crippen LogP contribution in [0.1, 0.15) is 5.82 Å². The Hall–Kier alpha value is -1.95. The van der Waals surface area contributed by atoms with Gasteiger partial charge in [0.05, 0.1) is 17.4 Å². The van der Waals surface area contributed by atoms with E-state index in [1.165, 1.54) is 6.07 Å². The molecule has 0 bridgehead atoms. The number of imidazole rings is 1. The summed E-state index contributed by atoms with van der Waals surface area (Å²) in [6.45, 7) is 0. The molecule has 0 fully saturated rings. The highest BCUT2D eigenvalue weighted by molar-refractivity contribution is 6.17. The molecule has 0 aliphatic rings. The van der Waals surface area contributed by atoms with Crippen LogP contribution in [0.5, 0.6) is 0 Å². The lowest BCUT2D eigenvalue weighted by molar-refractivity contribution is 0.514. The predicted octanol–water partition coefficient (Wildman–Crippen LogP) is 2.82. The molecule has 3 rings (SSSR count). The third-order valence-electron chi connectivity index (χ3n) is 3.05. The van der Waals surface area contributed by atoms with Crippen molar-refractivity contribution in [3.05, 3.63) is 42.0 Å². The van der Waals surface area contributed by atoms with Gasteiger partial charge in [-0.2, -0.15) is 5.10 Å². The first-order valence-corrected chi connectivity index (χ1v) is 6.55. The Morgan fingerprint density at radius 1 is 1.30 bits per heavy atom. The minimum Gasteiger partial charge on any atom is -0.290 e. The van der Waals surface area contributed by atoms with Gasteiger partial charge < -0.3 is 0 Å². The average molecular weight is 297 g/mol. The van der Waals surface area contributed by atoms with Gasteiger partial charge in [0.1, 0.15) is 11.3 Å². The fourth-order valence-corrected chi connectivity index (χ4v) is 2.37. The Morgan fingerprint density at radius 3 is 2.75 bits per heavy atom. The van der Waals surface area contributed by atoms with Crippen LogP contribution in [-0.4, -0.2) is 25.2 Å². The summed E-state index contributed by atoms with van der Waals surface area (Å²) in [4.78, 5) is 4.32. The van der Waals surface area contributed by atoms with Gasteiger partial charge >= 0.3 is 0 Å². The summed E-state index contributed by atoms with van der Waals surface area (Å²) >= 11 is 5.76. The van der Waals surface area contributed by atoms with Crippen molar-refractivity contribution in [1.82, 2.24) is 19.3 Å². The van der Waals surface area contributed by atoms with Crippen LogP contribution in [0.2, 0.25) is 0 Å². The smallest absolute Gasteiger partial charge is 0.185 e. The van der Waals surface area contributed by atoms with Gasteiger partial charge in [0.25, 0.3) is 0 Å². The monoisotopic (exact) mass is 296 g/mol. The maximum absolute atomic E-state index is 14.1. The second-order valence-electron chi connectivity index (χ2n) is 4.40. The molecule has 3 aromatic rings. The highest BCUT2D eigenvalue weighted by Crippen LogP contribution is 2.25. The van der Waals surface area contributed by atoms with Crippen molar-refractivity contribution in [3.63, 3.8) is 0 Å². The van der Waals surface area contributed by atoms with E-state index in [2.05, 4.69) is 10.1 Å². The first-order valence-electron chi connectivity index (χ1n) is 6.02. The van der Waals surface area contributed by atoms with E-state index < -0.39 is 11.6 Å². The van der Waals surface area contributed by atoms with Crippen LogP contribution < -0.4 is 0 Å². The third-order valence-corrected chi connectivity index (χ3v) is 3.24. The molecule has 4 nitrogen and oxygen atoms in total. The first kappa shape index (κ1) is 13.1. The van der Waals surface area contributed by atoms with Gasteiger partial charge in [-0.3, -0.25) is 9.25 Å². The summed E-state index contributed by atoms with van der Waals surface area (Å²) in [5.74, 6) is -0.902. The van der Waals surface area contributed by atoms with Crippen molar-refractivity contribution in [2.45, 2.75) is 6.42 Å². The molecule has 0 saturated heterocycles. The molecule has 7 heteroatoms. The summed E-state index contributed by atoms with van der Waals surface area (Å²) in [5.41, 5.74) is 1.13. The van der Waals surface area contributed by atoms with E-state index in [1.807, 2.05) is 0 Å². The maximum Gasteiger partial charge on any atom is 0.185 e. The molecule has 2 aromatic heterocycles. The molecule has 0 spiro atoms. The van der Waals surface area contributed by atoms with Crippen LogP contribution in [0.15, 0.2) is 24.5 Å². The van der Waals surface area contributed by atoms with Crippen LogP contribution in [0.25, 0.3) is 16.7 Å². The molecule has 104 valence electrons. The van der Waals surface area contributed by atoms with Gasteiger partial charge in [-0.05, 0) is 12.1 Å². The van der Waals surface area contributed by atoms with E-state index in [4.69, 9.17) is 11.6 Å². The van der Waals surface area contributed by atoms with Gasteiger partial charge in [0.15, 0.2) is 11.6 Å². The predicted molar refractivity (Wildman–Crippen MR) is 72.2 cm³/mol. The minimum absolute atomic E-state index is 0.109. The van der Waals surface area contributed by atoms with Crippen molar-refractivity contribution in [3.8, 4) is 5.69 Å². The minimum atomic E-state index is -0.917. The molecule has 1 aromatic carbocycles. The Kier molecular flexibility index (Phi) is 3.17. The molecule has 0 radical (unpaired) electrons. The quantitative estimate of drug-likeness (QED) is 0.697. The Balaban J connectivity index is 2.36. The Bertz CT molecular complexity index is 778. The fourth-order valence-electron chi connectivity index (χ4n) is 2.20. The van der Waals surface area contributed by atoms with Crippen LogP contribution in [0, 0.1) is 11.6 Å². The van der Waals surface area contributed by atoms with Gasteiger partial charge in [0.2, 0.25) is 0 Å². The fraction of sp³-hybridized carbons (Fsp3) is 0.231. The summed E-state index contributed by atoms with van der Waals surface area (Å²) in [5, 5.41) is 4.05. The number of aromatic nitrogens is 4. The molecule has 0 unspecified atom stereocenters. The molecule has 0 aliphatic heterocycles. The second kappa shape index (κ2) is 4.86. The number of benzene rings is 1. The van der Waals surface area contributed by atoms with Crippen molar-refractivity contribution >= 4 is 22.6 Å². The lowest BCUT2D eigenvalue weighted by Crippen LogP contribution is -2.03. The summed E-state index contributed by atoms with van der Waals surface area (Å²) in [6.07, 6.45) is 3.73. The number of halogens is 3. The molecule has 0 atom stereocenters. The molecule has 0 aliphatic carbocycles. The van der Waals surface area contributed by atoms with E-state index in [1.54, 1.807) is 28.7 Å². The number of hydrogen-bond donors (Lipinski definition) is 0. The summed E-state index contributed by atoms with van der Waals surface area (Å²) in [7, 11) is 1.75. The third kappa shape index (κ3) is 1.96. The standard InChI is InChI=1S/C13H11ClF2N4/c1-19-7-8(6-17-19)20-11(4-5-14)18-10-3-2-9(15)12(16)13(10)20/h2-3,6-7H,4-5H2,1H3. The zero-order valence-electron chi connectivity index (χ0n) is 10.6. The van der Waals surface area contributed by atoms with Crippen molar-refractivity contribution in [1.29, 1.82) is 0 Å². The normalized spacial score (nSPS) is 11.4. The number of rotatable bonds is 3. The van der Waals surface area contributed by atoms with E-state index in [0.717, 1.165) is 6.07 Å². The lowest BCUT2D eigenvalue weighted by Gasteiger charge is -2.06. The van der Waals surface area contributed by atoms with Crippen LogP contribution in [0.4, 0.5) is 8.78 Å². The molecule has 2 heterocycles. The van der Waals surface area contributed by atoms with Crippen LogP contribution >= 0.6 is 11.6 Å². The number of nitrogens with zero attached hydrogens (tertiary/aromatic N) is 4. The van der Waals surface area contributed by atoms with E-state index in [0.29, 0.717) is 29.3 Å². The maximum atomic E-state index is 14.1. The number of fused-ring (bicyclic) bond motifs is 1. The zero-order chi connectivity index (χ0) is 14.3. The van der Waals surface area contributed by atoms with E-state index in [-0.39, 0.29) is 5.52 Å². The number of alkyl halides is 1. The van der Waals surface area contributed by atoms with Crippen molar-refractivity contribution in [2.75, 3.05) is 5.88 Å². The Morgan fingerprint density at radius 2 is 2.10 bits per heavy atom. The number of aryl methyl sites for hydroxylation is 2. The molecule has 20 heavy (non-hydrogen) atoms. The highest BCUT2D eigenvalue weighted by atomic mass is 35.5. The first-order chi connectivity index (χ1) is 9.61. The molecule has 0 amide bonds. The van der Waals surface area contributed by atoms with Gasteiger partial charge in [-0.1, -0.05) is 0 Å². The van der Waals surface area contributed by atoms with Gasteiger partial charge in [-0.15, -0.1) is 11.6 Å². The van der Waals surface area contributed by atoms with Crippen molar-refractivity contribution < 1.29 is 8.78 Å². The van der Waals surface area contributed by atoms with Gasteiger partial charge in [0, 0.05) is 25.5 Å². The van der Waals surface area contributed by atoms with Gasteiger partial charge in [-0.25, -0.2) is 13.8 Å². The highest BCUT2D eigenvalue weighted by Gasteiger charge is 2.19.